The Morgan fingerprint density at radius 1 is 1.19 bits per heavy atom. The Kier molecular flexibility index (Phi) is 4.44. The summed E-state index contributed by atoms with van der Waals surface area (Å²) in [4.78, 5) is 14.4. The van der Waals surface area contributed by atoms with Gasteiger partial charge in [-0.3, -0.25) is 4.79 Å². The van der Waals surface area contributed by atoms with Crippen LogP contribution < -0.4 is 4.74 Å². The van der Waals surface area contributed by atoms with Crippen LogP contribution in [0.3, 0.4) is 0 Å². The van der Waals surface area contributed by atoms with Crippen LogP contribution in [0.4, 0.5) is 0 Å². The average molecular weight is 289 g/mol. The van der Waals surface area contributed by atoms with Gasteiger partial charge in [0.1, 0.15) is 11.9 Å². The fourth-order valence-electron chi connectivity index (χ4n) is 3.04. The number of aryl methyl sites for hydroxylation is 1. The van der Waals surface area contributed by atoms with E-state index in [4.69, 9.17) is 9.47 Å². The molecule has 4 heteroatoms. The zero-order valence-electron chi connectivity index (χ0n) is 12.6. The lowest BCUT2D eigenvalue weighted by Crippen LogP contribution is -2.38. The van der Waals surface area contributed by atoms with Crippen molar-refractivity contribution >= 4 is 5.91 Å². The van der Waals surface area contributed by atoms with Crippen LogP contribution in [0.1, 0.15) is 24.8 Å². The Hall–Kier alpha value is -1.55. The largest absolute Gasteiger partial charge is 0.489 e. The van der Waals surface area contributed by atoms with Crippen molar-refractivity contribution in [3.05, 3.63) is 29.8 Å². The molecule has 0 aliphatic carbocycles. The Balaban J connectivity index is 1.52. The molecule has 1 atom stereocenters. The minimum atomic E-state index is 0.122. The summed E-state index contributed by atoms with van der Waals surface area (Å²) in [7, 11) is 0. The van der Waals surface area contributed by atoms with Gasteiger partial charge in [0.05, 0.1) is 6.54 Å². The van der Waals surface area contributed by atoms with Crippen LogP contribution in [0.15, 0.2) is 24.3 Å². The maximum atomic E-state index is 12.5. The molecule has 0 saturated carbocycles. The van der Waals surface area contributed by atoms with Crippen molar-refractivity contribution in [2.24, 2.45) is 5.92 Å². The average Bonchev–Trinajstić information content (AvgIpc) is 2.98. The second kappa shape index (κ2) is 6.48. The molecule has 2 heterocycles. The Morgan fingerprint density at radius 2 is 1.90 bits per heavy atom. The van der Waals surface area contributed by atoms with E-state index >= 15 is 0 Å². The summed E-state index contributed by atoms with van der Waals surface area (Å²) < 4.78 is 11.3. The van der Waals surface area contributed by atoms with Gasteiger partial charge in [0.2, 0.25) is 5.91 Å². The van der Waals surface area contributed by atoms with Crippen molar-refractivity contribution in [1.82, 2.24) is 4.90 Å². The third-order valence-corrected chi connectivity index (χ3v) is 4.35. The summed E-state index contributed by atoms with van der Waals surface area (Å²) in [6, 6.07) is 8.10. The maximum absolute atomic E-state index is 12.5. The molecule has 4 nitrogen and oxygen atoms in total. The summed E-state index contributed by atoms with van der Waals surface area (Å²) >= 11 is 0. The van der Waals surface area contributed by atoms with E-state index in [0.29, 0.717) is 19.8 Å². The number of amides is 1. The fourth-order valence-corrected chi connectivity index (χ4v) is 3.04. The summed E-state index contributed by atoms with van der Waals surface area (Å²) in [6.07, 6.45) is 2.76. The zero-order valence-corrected chi connectivity index (χ0v) is 12.6. The van der Waals surface area contributed by atoms with Crippen LogP contribution >= 0.6 is 0 Å². The third kappa shape index (κ3) is 3.56. The molecular weight excluding hydrogens is 266 g/mol. The van der Waals surface area contributed by atoms with Crippen molar-refractivity contribution in [2.75, 3.05) is 26.3 Å². The van der Waals surface area contributed by atoms with Gasteiger partial charge in [0.25, 0.3) is 0 Å². The second-order valence-electron chi connectivity index (χ2n) is 6.01. The third-order valence-electron chi connectivity index (χ3n) is 4.35. The zero-order chi connectivity index (χ0) is 14.7. The highest BCUT2D eigenvalue weighted by molar-refractivity contribution is 5.79. The number of carbonyl (C=O) groups excluding carboxylic acids is 1. The first-order chi connectivity index (χ1) is 10.2. The van der Waals surface area contributed by atoms with Crippen molar-refractivity contribution in [3.63, 3.8) is 0 Å². The van der Waals surface area contributed by atoms with Crippen molar-refractivity contribution < 1.29 is 14.3 Å². The highest BCUT2D eigenvalue weighted by Gasteiger charge is 2.32. The summed E-state index contributed by atoms with van der Waals surface area (Å²) in [6.45, 7) is 5.02. The molecular formula is C17H23NO3. The topological polar surface area (TPSA) is 38.8 Å². The molecule has 3 rings (SSSR count). The lowest BCUT2D eigenvalue weighted by molar-refractivity contribution is -0.137. The van der Waals surface area contributed by atoms with Gasteiger partial charge in [-0.2, -0.15) is 0 Å². The first-order valence-electron chi connectivity index (χ1n) is 7.82. The molecule has 2 aliphatic heterocycles. The molecule has 2 fully saturated rings. The van der Waals surface area contributed by atoms with Crippen LogP contribution in [0.5, 0.6) is 5.75 Å². The maximum Gasteiger partial charge on any atom is 0.225 e. The van der Waals surface area contributed by atoms with E-state index in [1.807, 2.05) is 17.0 Å². The van der Waals surface area contributed by atoms with E-state index in [1.54, 1.807) is 0 Å². The number of benzene rings is 1. The summed E-state index contributed by atoms with van der Waals surface area (Å²) in [5, 5.41) is 0. The molecule has 1 aromatic carbocycles. The summed E-state index contributed by atoms with van der Waals surface area (Å²) in [5.74, 6) is 1.33. The highest BCUT2D eigenvalue weighted by atomic mass is 16.5. The van der Waals surface area contributed by atoms with Gasteiger partial charge in [-0.05, 0) is 31.9 Å². The van der Waals surface area contributed by atoms with Gasteiger partial charge < -0.3 is 14.4 Å². The van der Waals surface area contributed by atoms with E-state index in [0.717, 1.165) is 31.6 Å². The first-order valence-corrected chi connectivity index (χ1v) is 7.82. The predicted molar refractivity (Wildman–Crippen MR) is 80.3 cm³/mol. The smallest absolute Gasteiger partial charge is 0.225 e. The fraction of sp³-hybridized carbons (Fsp3) is 0.588. The Labute approximate surface area is 126 Å². The number of nitrogens with zero attached hydrogens (tertiary/aromatic N) is 1. The van der Waals surface area contributed by atoms with Gasteiger partial charge in [0, 0.05) is 32.1 Å². The highest BCUT2D eigenvalue weighted by Crippen LogP contribution is 2.23. The van der Waals surface area contributed by atoms with E-state index in [9.17, 15) is 4.79 Å². The minimum Gasteiger partial charge on any atom is -0.489 e. The minimum absolute atomic E-state index is 0.122. The van der Waals surface area contributed by atoms with Crippen LogP contribution in [0, 0.1) is 12.8 Å². The van der Waals surface area contributed by atoms with Crippen LogP contribution in [0.2, 0.25) is 0 Å². The number of rotatable bonds is 3. The molecule has 0 spiro atoms. The Bertz CT molecular complexity index is 479. The van der Waals surface area contributed by atoms with E-state index < -0.39 is 0 Å². The van der Waals surface area contributed by atoms with Crippen LogP contribution in [0.25, 0.3) is 0 Å². The van der Waals surface area contributed by atoms with Gasteiger partial charge in [-0.1, -0.05) is 17.7 Å². The number of ether oxygens (including phenoxy) is 2. The molecule has 1 unspecified atom stereocenters. The monoisotopic (exact) mass is 289 g/mol. The number of hydrogen-bond donors (Lipinski definition) is 0. The van der Waals surface area contributed by atoms with Crippen LogP contribution in [-0.4, -0.2) is 43.2 Å². The molecule has 21 heavy (non-hydrogen) atoms. The second-order valence-corrected chi connectivity index (χ2v) is 6.01. The van der Waals surface area contributed by atoms with Crippen LogP contribution in [-0.2, 0) is 9.53 Å². The van der Waals surface area contributed by atoms with Gasteiger partial charge in [-0.15, -0.1) is 0 Å². The van der Waals surface area contributed by atoms with Crippen molar-refractivity contribution in [3.8, 4) is 5.75 Å². The quantitative estimate of drug-likeness (QED) is 0.857. The molecule has 1 amide bonds. The van der Waals surface area contributed by atoms with Gasteiger partial charge in [0.15, 0.2) is 0 Å². The lowest BCUT2D eigenvalue weighted by Gasteiger charge is -2.26. The molecule has 1 aromatic rings. The molecule has 0 bridgehead atoms. The summed E-state index contributed by atoms with van der Waals surface area (Å²) in [5.41, 5.74) is 1.23. The molecule has 0 radical (unpaired) electrons. The number of carbonyl (C=O) groups is 1. The molecule has 2 saturated heterocycles. The lowest BCUT2D eigenvalue weighted by atomic mass is 9.99. The Morgan fingerprint density at radius 3 is 2.62 bits per heavy atom. The van der Waals surface area contributed by atoms with E-state index in [-0.39, 0.29) is 17.9 Å². The standard InChI is InChI=1S/C17H23NO3/c1-13-2-4-15(5-3-13)21-16-6-9-18(12-16)17(19)14-7-10-20-11-8-14/h2-5,14,16H,6-12H2,1H3. The molecule has 0 N–H and O–H groups in total. The normalized spacial score (nSPS) is 23.3. The SMILES string of the molecule is Cc1ccc(OC2CCN(C(=O)C3CCOCC3)C2)cc1. The number of hydrogen-bond acceptors (Lipinski definition) is 3. The van der Waals surface area contributed by atoms with Gasteiger partial charge in [-0.25, -0.2) is 0 Å². The molecule has 2 aliphatic rings. The molecule has 114 valence electrons. The molecule has 0 aromatic heterocycles. The van der Waals surface area contributed by atoms with Crippen molar-refractivity contribution in [2.45, 2.75) is 32.3 Å². The van der Waals surface area contributed by atoms with Crippen molar-refractivity contribution in [1.29, 1.82) is 0 Å². The predicted octanol–water partition coefficient (Wildman–Crippen LogP) is 2.40. The van der Waals surface area contributed by atoms with E-state index in [2.05, 4.69) is 19.1 Å². The first kappa shape index (κ1) is 14.4. The van der Waals surface area contributed by atoms with Gasteiger partial charge >= 0.3 is 0 Å². The van der Waals surface area contributed by atoms with E-state index in [1.165, 1.54) is 5.56 Å². The number of likely N-dealkylation sites (tertiary alicyclic amines) is 1.